The Morgan fingerprint density at radius 2 is 1.45 bits per heavy atom. The third-order valence-electron chi connectivity index (χ3n) is 4.42. The molecule has 0 fully saturated rings. The first kappa shape index (κ1) is 19.2. The van der Waals surface area contributed by atoms with Crippen LogP contribution in [0.3, 0.4) is 0 Å². The van der Waals surface area contributed by atoms with Crippen molar-refractivity contribution in [3.05, 3.63) is 112 Å². The number of para-hydroxylation sites is 1. The lowest BCUT2D eigenvalue weighted by atomic mass is 10.1. The Morgan fingerprint density at radius 3 is 2.10 bits per heavy atom. The predicted molar refractivity (Wildman–Crippen MR) is 119 cm³/mol. The average Bonchev–Trinajstić information content (AvgIpc) is 3.18. The Hall–Kier alpha value is -3.14. The summed E-state index contributed by atoms with van der Waals surface area (Å²) in [4.78, 5) is 12.5. The van der Waals surface area contributed by atoms with Crippen LogP contribution in [0.5, 0.6) is 0 Å². The second kappa shape index (κ2) is 8.48. The first-order chi connectivity index (χ1) is 14.1. The van der Waals surface area contributed by atoms with Gasteiger partial charge in [0.25, 0.3) is 0 Å². The van der Waals surface area contributed by atoms with Crippen LogP contribution in [0.25, 0.3) is 23.0 Å². The fraction of sp³-hybridized carbons (Fsp3) is 0. The molecule has 1 aromatic heterocycles. The molecule has 0 amide bonds. The average molecular weight is 419 g/mol. The van der Waals surface area contributed by atoms with E-state index in [0.717, 1.165) is 22.5 Å². The van der Waals surface area contributed by atoms with Crippen LogP contribution in [0.2, 0.25) is 10.0 Å². The Morgan fingerprint density at radius 1 is 0.828 bits per heavy atom. The molecule has 0 bridgehead atoms. The summed E-state index contributed by atoms with van der Waals surface area (Å²) in [6, 6.07) is 24.1. The molecule has 0 saturated carbocycles. The third kappa shape index (κ3) is 4.48. The number of hydrogen-bond acceptors (Lipinski definition) is 2. The van der Waals surface area contributed by atoms with Crippen molar-refractivity contribution < 1.29 is 4.79 Å². The van der Waals surface area contributed by atoms with Gasteiger partial charge in [-0.05, 0) is 60.7 Å². The SMILES string of the molecule is O=C(/C=C/c1cn(-c2ccccc2)nc1-c1ccc(Cl)cc1)c1ccc(Cl)cc1. The Kier molecular flexibility index (Phi) is 5.61. The molecule has 3 nitrogen and oxygen atoms in total. The normalized spacial score (nSPS) is 11.1. The number of carbonyl (C=O) groups is 1. The number of halogens is 2. The molecule has 4 rings (SSSR count). The minimum absolute atomic E-state index is 0.101. The van der Waals surface area contributed by atoms with Crippen LogP contribution < -0.4 is 0 Å². The summed E-state index contributed by atoms with van der Waals surface area (Å²) < 4.78 is 1.80. The quantitative estimate of drug-likeness (QED) is 0.265. The highest BCUT2D eigenvalue weighted by Gasteiger charge is 2.11. The lowest BCUT2D eigenvalue weighted by Crippen LogP contribution is -1.93. The van der Waals surface area contributed by atoms with Crippen LogP contribution in [0.15, 0.2) is 91.1 Å². The second-order valence-corrected chi connectivity index (χ2v) is 7.30. The fourth-order valence-corrected chi connectivity index (χ4v) is 3.18. The van der Waals surface area contributed by atoms with Crippen molar-refractivity contribution in [3.8, 4) is 16.9 Å². The number of nitrogens with zero attached hydrogens (tertiary/aromatic N) is 2. The van der Waals surface area contributed by atoms with Crippen molar-refractivity contribution in [2.45, 2.75) is 0 Å². The van der Waals surface area contributed by atoms with Gasteiger partial charge in [-0.2, -0.15) is 5.10 Å². The van der Waals surface area contributed by atoms with Gasteiger partial charge in [-0.15, -0.1) is 0 Å². The third-order valence-corrected chi connectivity index (χ3v) is 4.93. The van der Waals surface area contributed by atoms with E-state index < -0.39 is 0 Å². The van der Waals surface area contributed by atoms with E-state index in [0.29, 0.717) is 15.6 Å². The summed E-state index contributed by atoms with van der Waals surface area (Å²) in [5.41, 5.74) is 4.03. The number of allylic oxidation sites excluding steroid dienone is 1. The van der Waals surface area contributed by atoms with Gasteiger partial charge in [-0.25, -0.2) is 4.68 Å². The number of hydrogen-bond donors (Lipinski definition) is 0. The molecule has 0 saturated heterocycles. The molecule has 0 aliphatic carbocycles. The topological polar surface area (TPSA) is 34.9 Å². The Balaban J connectivity index is 1.72. The maximum Gasteiger partial charge on any atom is 0.185 e. The van der Waals surface area contributed by atoms with Gasteiger partial charge in [-0.1, -0.05) is 53.5 Å². The zero-order valence-electron chi connectivity index (χ0n) is 15.3. The summed E-state index contributed by atoms with van der Waals surface area (Å²) in [6.07, 6.45) is 5.24. The maximum absolute atomic E-state index is 12.5. The van der Waals surface area contributed by atoms with Crippen molar-refractivity contribution in [2.24, 2.45) is 0 Å². The van der Waals surface area contributed by atoms with E-state index in [2.05, 4.69) is 0 Å². The summed E-state index contributed by atoms with van der Waals surface area (Å²) in [5.74, 6) is -0.101. The smallest absolute Gasteiger partial charge is 0.185 e. The zero-order valence-corrected chi connectivity index (χ0v) is 16.8. The molecule has 1 heterocycles. The molecule has 5 heteroatoms. The minimum Gasteiger partial charge on any atom is -0.289 e. The van der Waals surface area contributed by atoms with E-state index in [1.165, 1.54) is 0 Å². The van der Waals surface area contributed by atoms with Gasteiger partial charge in [0, 0.05) is 32.9 Å². The Bertz CT molecular complexity index is 1160. The summed E-state index contributed by atoms with van der Waals surface area (Å²) in [5, 5.41) is 5.99. The molecule has 0 aliphatic heterocycles. The van der Waals surface area contributed by atoms with Crippen molar-refractivity contribution in [1.29, 1.82) is 0 Å². The van der Waals surface area contributed by atoms with Gasteiger partial charge in [-0.3, -0.25) is 4.79 Å². The molecule has 29 heavy (non-hydrogen) atoms. The lowest BCUT2D eigenvalue weighted by Gasteiger charge is -2.01. The molecule has 0 N–H and O–H groups in total. The largest absolute Gasteiger partial charge is 0.289 e. The second-order valence-electron chi connectivity index (χ2n) is 6.42. The summed E-state index contributed by atoms with van der Waals surface area (Å²) >= 11 is 11.9. The molecule has 0 aliphatic rings. The van der Waals surface area contributed by atoms with E-state index in [1.807, 2.05) is 60.8 Å². The number of benzene rings is 3. The van der Waals surface area contributed by atoms with Crippen LogP contribution in [-0.2, 0) is 0 Å². The number of ketones is 1. The zero-order chi connectivity index (χ0) is 20.2. The molecule has 3 aromatic carbocycles. The fourth-order valence-electron chi connectivity index (χ4n) is 2.93. The lowest BCUT2D eigenvalue weighted by molar-refractivity contribution is 0.104. The number of aromatic nitrogens is 2. The van der Waals surface area contributed by atoms with E-state index in [1.54, 1.807) is 41.1 Å². The van der Waals surface area contributed by atoms with Gasteiger partial charge in [0.15, 0.2) is 5.78 Å². The van der Waals surface area contributed by atoms with Crippen LogP contribution in [0.1, 0.15) is 15.9 Å². The number of carbonyl (C=O) groups excluding carboxylic acids is 1. The van der Waals surface area contributed by atoms with Crippen LogP contribution >= 0.6 is 23.2 Å². The van der Waals surface area contributed by atoms with E-state index in [9.17, 15) is 4.79 Å². The van der Waals surface area contributed by atoms with Crippen molar-refractivity contribution in [3.63, 3.8) is 0 Å². The summed E-state index contributed by atoms with van der Waals surface area (Å²) in [7, 11) is 0. The minimum atomic E-state index is -0.101. The molecule has 142 valence electrons. The first-order valence-electron chi connectivity index (χ1n) is 8.99. The molecule has 4 aromatic rings. The van der Waals surface area contributed by atoms with Gasteiger partial charge in [0.1, 0.15) is 0 Å². The standard InChI is InChI=1S/C24H16Cl2N2O/c25-20-11-6-17(7-12-20)23(29)15-10-19-16-28(22-4-2-1-3-5-22)27-24(19)18-8-13-21(26)14-9-18/h1-16H/b15-10+. The van der Waals surface area contributed by atoms with E-state index in [-0.39, 0.29) is 5.78 Å². The molecule has 0 spiro atoms. The van der Waals surface area contributed by atoms with Gasteiger partial charge in [0.05, 0.1) is 11.4 Å². The van der Waals surface area contributed by atoms with Crippen LogP contribution in [0, 0.1) is 0 Å². The van der Waals surface area contributed by atoms with Gasteiger partial charge in [0.2, 0.25) is 0 Å². The van der Waals surface area contributed by atoms with Gasteiger partial charge >= 0.3 is 0 Å². The van der Waals surface area contributed by atoms with Crippen LogP contribution in [0.4, 0.5) is 0 Å². The molecular weight excluding hydrogens is 403 g/mol. The summed E-state index contributed by atoms with van der Waals surface area (Å²) in [6.45, 7) is 0. The van der Waals surface area contributed by atoms with Crippen LogP contribution in [-0.4, -0.2) is 15.6 Å². The highest BCUT2D eigenvalue weighted by molar-refractivity contribution is 6.31. The Labute approximate surface area is 178 Å². The number of rotatable bonds is 5. The maximum atomic E-state index is 12.5. The molecule has 0 unspecified atom stereocenters. The highest BCUT2D eigenvalue weighted by Crippen LogP contribution is 2.26. The van der Waals surface area contributed by atoms with Crippen molar-refractivity contribution in [1.82, 2.24) is 9.78 Å². The molecule has 0 atom stereocenters. The predicted octanol–water partition coefficient (Wildman–Crippen LogP) is 6.74. The molecular formula is C24H16Cl2N2O. The highest BCUT2D eigenvalue weighted by atomic mass is 35.5. The van der Waals surface area contributed by atoms with Crippen molar-refractivity contribution in [2.75, 3.05) is 0 Å². The van der Waals surface area contributed by atoms with E-state index in [4.69, 9.17) is 28.3 Å². The van der Waals surface area contributed by atoms with Crippen molar-refractivity contribution >= 4 is 35.1 Å². The monoisotopic (exact) mass is 418 g/mol. The molecule has 0 radical (unpaired) electrons. The van der Waals surface area contributed by atoms with Gasteiger partial charge < -0.3 is 0 Å². The first-order valence-corrected chi connectivity index (χ1v) is 9.75. The van der Waals surface area contributed by atoms with E-state index >= 15 is 0 Å².